The molecule has 0 fully saturated rings. The molecule has 1 unspecified atom stereocenters. The van der Waals surface area contributed by atoms with E-state index in [9.17, 15) is 0 Å². The zero-order chi connectivity index (χ0) is 14.6. The molecule has 0 aromatic rings. The Morgan fingerprint density at radius 3 is 1.47 bits per heavy atom. The van der Waals surface area contributed by atoms with Crippen LogP contribution in [0.5, 0.6) is 0 Å². The molecular weight excluding hydrogens is 234 g/mol. The fourth-order valence-corrected chi connectivity index (χ4v) is 2.34. The molecule has 3 heteroatoms. The van der Waals surface area contributed by atoms with E-state index in [0.717, 1.165) is 12.8 Å². The topological polar surface area (TPSA) is 78.1 Å². The van der Waals surface area contributed by atoms with E-state index in [0.29, 0.717) is 0 Å². The van der Waals surface area contributed by atoms with E-state index in [1.54, 1.807) is 6.92 Å². The molecule has 0 aromatic carbocycles. The van der Waals surface area contributed by atoms with Crippen LogP contribution in [0, 0.1) is 0 Å². The maximum absolute atomic E-state index is 5.92. The van der Waals surface area contributed by atoms with Crippen molar-refractivity contribution >= 4 is 0 Å². The number of hydrogen-bond acceptors (Lipinski definition) is 3. The smallest absolute Gasteiger partial charge is 0.0763 e. The van der Waals surface area contributed by atoms with Gasteiger partial charge in [-0.15, -0.1) is 0 Å². The van der Waals surface area contributed by atoms with E-state index in [1.807, 2.05) is 0 Å². The lowest BCUT2D eigenvalue weighted by molar-refractivity contribution is 0.358. The van der Waals surface area contributed by atoms with Gasteiger partial charge in [0.2, 0.25) is 0 Å². The molecule has 0 spiro atoms. The van der Waals surface area contributed by atoms with Gasteiger partial charge < -0.3 is 17.2 Å². The van der Waals surface area contributed by atoms with Gasteiger partial charge in [-0.2, -0.15) is 0 Å². The van der Waals surface area contributed by atoms with E-state index in [-0.39, 0.29) is 6.04 Å². The molecule has 0 heterocycles. The average molecular weight is 271 g/mol. The van der Waals surface area contributed by atoms with E-state index in [2.05, 4.69) is 6.92 Å². The standard InChI is InChI=1S/C16H37N3/c1-3-4-5-6-7-8-9-10-11-12-13-14-15(17)16(2,18)19/h15H,3-14,17-19H2,1-2H3. The zero-order valence-electron chi connectivity index (χ0n) is 13.3. The van der Waals surface area contributed by atoms with Crippen LogP contribution in [0.2, 0.25) is 0 Å². The van der Waals surface area contributed by atoms with Crippen molar-refractivity contribution in [3.8, 4) is 0 Å². The van der Waals surface area contributed by atoms with Crippen LogP contribution in [0.4, 0.5) is 0 Å². The number of unbranched alkanes of at least 4 members (excludes halogenated alkanes) is 10. The first-order valence-corrected chi connectivity index (χ1v) is 8.31. The van der Waals surface area contributed by atoms with Crippen molar-refractivity contribution in [1.29, 1.82) is 0 Å². The second-order valence-corrected chi connectivity index (χ2v) is 6.30. The first kappa shape index (κ1) is 18.9. The van der Waals surface area contributed by atoms with Crippen LogP contribution in [0.1, 0.15) is 90.9 Å². The molecule has 0 aliphatic heterocycles. The minimum atomic E-state index is -0.724. The van der Waals surface area contributed by atoms with E-state index >= 15 is 0 Å². The Balaban J connectivity index is 3.15. The number of rotatable bonds is 13. The minimum absolute atomic E-state index is 0.0777. The molecule has 0 amide bonds. The molecular formula is C16H37N3. The summed E-state index contributed by atoms with van der Waals surface area (Å²) >= 11 is 0. The van der Waals surface area contributed by atoms with Gasteiger partial charge in [0.15, 0.2) is 0 Å². The maximum atomic E-state index is 5.92. The lowest BCUT2D eigenvalue weighted by Gasteiger charge is -2.26. The first-order chi connectivity index (χ1) is 8.98. The van der Waals surface area contributed by atoms with Crippen LogP contribution < -0.4 is 17.2 Å². The van der Waals surface area contributed by atoms with Gasteiger partial charge in [-0.25, -0.2) is 0 Å². The third-order valence-electron chi connectivity index (χ3n) is 3.92. The first-order valence-electron chi connectivity index (χ1n) is 8.31. The molecule has 0 rings (SSSR count). The van der Waals surface area contributed by atoms with Gasteiger partial charge in [0, 0.05) is 6.04 Å². The summed E-state index contributed by atoms with van der Waals surface area (Å²) in [5, 5.41) is 0. The van der Waals surface area contributed by atoms with Gasteiger partial charge in [0.05, 0.1) is 5.66 Å². The molecule has 6 N–H and O–H groups in total. The van der Waals surface area contributed by atoms with Crippen LogP contribution in [0.15, 0.2) is 0 Å². The van der Waals surface area contributed by atoms with E-state index in [4.69, 9.17) is 17.2 Å². The van der Waals surface area contributed by atoms with Crippen LogP contribution in [-0.4, -0.2) is 11.7 Å². The zero-order valence-corrected chi connectivity index (χ0v) is 13.3. The molecule has 1 atom stereocenters. The fourth-order valence-electron chi connectivity index (χ4n) is 2.34. The Morgan fingerprint density at radius 1 is 0.737 bits per heavy atom. The second kappa shape index (κ2) is 11.7. The fraction of sp³-hybridized carbons (Fsp3) is 1.00. The monoisotopic (exact) mass is 271 g/mol. The average Bonchev–Trinajstić information content (AvgIpc) is 2.34. The number of nitrogens with two attached hydrogens (primary N) is 3. The molecule has 0 aliphatic carbocycles. The second-order valence-electron chi connectivity index (χ2n) is 6.30. The summed E-state index contributed by atoms with van der Waals surface area (Å²) in [5.41, 5.74) is 16.7. The summed E-state index contributed by atoms with van der Waals surface area (Å²) in [4.78, 5) is 0. The minimum Gasteiger partial charge on any atom is -0.325 e. The van der Waals surface area contributed by atoms with Gasteiger partial charge in [-0.3, -0.25) is 0 Å². The summed E-state index contributed by atoms with van der Waals surface area (Å²) in [7, 11) is 0. The Bertz CT molecular complexity index is 187. The van der Waals surface area contributed by atoms with Crippen molar-refractivity contribution in [2.45, 2.75) is 103 Å². The van der Waals surface area contributed by atoms with E-state index < -0.39 is 5.66 Å². The molecule has 0 bridgehead atoms. The number of hydrogen-bond donors (Lipinski definition) is 3. The lowest BCUT2D eigenvalue weighted by Crippen LogP contribution is -2.59. The van der Waals surface area contributed by atoms with Crippen molar-refractivity contribution in [2.75, 3.05) is 0 Å². The largest absolute Gasteiger partial charge is 0.325 e. The Hall–Kier alpha value is -0.120. The normalized spacial score (nSPS) is 13.7. The SMILES string of the molecule is CCCCCCCCCCCCCC(N)C(C)(N)N. The quantitative estimate of drug-likeness (QED) is 0.353. The van der Waals surface area contributed by atoms with Gasteiger partial charge in [-0.1, -0.05) is 77.6 Å². The van der Waals surface area contributed by atoms with Crippen LogP contribution in [-0.2, 0) is 0 Å². The molecule has 19 heavy (non-hydrogen) atoms. The highest BCUT2D eigenvalue weighted by atomic mass is 15.0. The molecule has 0 saturated carbocycles. The van der Waals surface area contributed by atoms with Crippen molar-refractivity contribution in [3.05, 3.63) is 0 Å². The predicted octanol–water partition coefficient (Wildman–Crippen LogP) is 3.65. The highest BCUT2D eigenvalue weighted by Gasteiger charge is 2.20. The third-order valence-corrected chi connectivity index (χ3v) is 3.92. The van der Waals surface area contributed by atoms with Crippen molar-refractivity contribution in [2.24, 2.45) is 17.2 Å². The van der Waals surface area contributed by atoms with Crippen molar-refractivity contribution in [1.82, 2.24) is 0 Å². The molecule has 0 radical (unpaired) electrons. The van der Waals surface area contributed by atoms with Crippen LogP contribution >= 0.6 is 0 Å². The third kappa shape index (κ3) is 12.6. The molecule has 0 aliphatic rings. The molecule has 116 valence electrons. The van der Waals surface area contributed by atoms with Crippen LogP contribution in [0.3, 0.4) is 0 Å². The van der Waals surface area contributed by atoms with Gasteiger partial charge in [-0.05, 0) is 13.3 Å². The van der Waals surface area contributed by atoms with E-state index in [1.165, 1.54) is 64.2 Å². The Kier molecular flexibility index (Phi) is 11.6. The maximum Gasteiger partial charge on any atom is 0.0763 e. The highest BCUT2D eigenvalue weighted by Crippen LogP contribution is 2.13. The Labute approximate surface area is 120 Å². The molecule has 0 aromatic heterocycles. The predicted molar refractivity (Wildman–Crippen MR) is 85.8 cm³/mol. The van der Waals surface area contributed by atoms with Crippen molar-refractivity contribution < 1.29 is 0 Å². The van der Waals surface area contributed by atoms with Crippen molar-refractivity contribution in [3.63, 3.8) is 0 Å². The van der Waals surface area contributed by atoms with Gasteiger partial charge >= 0.3 is 0 Å². The summed E-state index contributed by atoms with van der Waals surface area (Å²) in [6.45, 7) is 4.07. The molecule has 3 nitrogen and oxygen atoms in total. The van der Waals surface area contributed by atoms with Gasteiger partial charge in [0.1, 0.15) is 0 Å². The highest BCUT2D eigenvalue weighted by molar-refractivity contribution is 4.83. The Morgan fingerprint density at radius 2 is 1.11 bits per heavy atom. The van der Waals surface area contributed by atoms with Crippen LogP contribution in [0.25, 0.3) is 0 Å². The van der Waals surface area contributed by atoms with Gasteiger partial charge in [0.25, 0.3) is 0 Å². The summed E-state index contributed by atoms with van der Waals surface area (Å²) < 4.78 is 0. The molecule has 0 saturated heterocycles. The summed E-state index contributed by atoms with van der Waals surface area (Å²) in [5.74, 6) is 0. The summed E-state index contributed by atoms with van der Waals surface area (Å²) in [6.07, 6.45) is 15.9. The lowest BCUT2D eigenvalue weighted by atomic mass is 9.98. The summed E-state index contributed by atoms with van der Waals surface area (Å²) in [6, 6.07) is -0.0777.